The van der Waals surface area contributed by atoms with Gasteiger partial charge in [0.2, 0.25) is 10.0 Å². The Balaban J connectivity index is 1.86. The topological polar surface area (TPSA) is 58.6 Å². The molecule has 0 spiro atoms. The number of likely N-dealkylation sites (N-methyl/N-ethyl adjacent to an activating group) is 1. The Labute approximate surface area is 148 Å². The molecule has 1 atom stereocenters. The van der Waals surface area contributed by atoms with Gasteiger partial charge >= 0.3 is 0 Å². The molecule has 1 N–H and O–H groups in total. The summed E-state index contributed by atoms with van der Waals surface area (Å²) in [5.41, 5.74) is 1.04. The Morgan fingerprint density at radius 3 is 2.32 bits per heavy atom. The molecule has 0 aliphatic carbocycles. The number of nitrogens with zero attached hydrogens (tertiary/aromatic N) is 1. The van der Waals surface area contributed by atoms with Crippen LogP contribution in [0.15, 0.2) is 54.6 Å². The molecule has 2 rings (SSSR count). The molecule has 7 heteroatoms. The van der Waals surface area contributed by atoms with E-state index in [1.54, 1.807) is 0 Å². The van der Waals surface area contributed by atoms with Gasteiger partial charge in [-0.3, -0.25) is 0 Å². The molecule has 0 saturated carbocycles. The first-order chi connectivity index (χ1) is 11.9. The predicted molar refractivity (Wildman–Crippen MR) is 96.6 cm³/mol. The summed E-state index contributed by atoms with van der Waals surface area (Å²) in [5.74, 6) is -0.0939. The fourth-order valence-corrected chi connectivity index (χ4v) is 3.21. The zero-order valence-corrected chi connectivity index (χ0v) is 15.2. The largest absolute Gasteiger partial charge is 0.492 e. The van der Waals surface area contributed by atoms with Crippen molar-refractivity contribution in [1.82, 2.24) is 9.62 Å². The van der Waals surface area contributed by atoms with Crippen LogP contribution in [0.4, 0.5) is 4.39 Å². The number of sulfonamides is 1. The van der Waals surface area contributed by atoms with Crippen molar-refractivity contribution in [2.45, 2.75) is 6.04 Å². The lowest BCUT2D eigenvalue weighted by molar-refractivity contribution is 0.298. The lowest BCUT2D eigenvalue weighted by Gasteiger charge is -2.25. The Morgan fingerprint density at radius 2 is 1.72 bits per heavy atom. The molecule has 0 amide bonds. The van der Waals surface area contributed by atoms with E-state index in [0.29, 0.717) is 5.75 Å². The van der Waals surface area contributed by atoms with Crippen LogP contribution in [0.2, 0.25) is 0 Å². The van der Waals surface area contributed by atoms with Crippen molar-refractivity contribution in [2.75, 3.05) is 33.0 Å². The molecule has 0 bridgehead atoms. The summed E-state index contributed by atoms with van der Waals surface area (Å²) in [7, 11) is 0.341. The summed E-state index contributed by atoms with van der Waals surface area (Å²) < 4.78 is 45.1. The van der Waals surface area contributed by atoms with E-state index in [1.807, 2.05) is 49.3 Å². The number of hydrogen-bond acceptors (Lipinski definition) is 4. The summed E-state index contributed by atoms with van der Waals surface area (Å²) in [6, 6.07) is 15.1. The van der Waals surface area contributed by atoms with Crippen molar-refractivity contribution in [3.05, 3.63) is 66.0 Å². The Hall–Kier alpha value is -1.96. The number of nitrogens with one attached hydrogen (secondary N) is 1. The third-order valence-corrected chi connectivity index (χ3v) is 5.05. The second kappa shape index (κ2) is 8.94. The minimum Gasteiger partial charge on any atom is -0.492 e. The Kier molecular flexibility index (Phi) is 6.92. The first-order valence-electron chi connectivity index (χ1n) is 7.94. The van der Waals surface area contributed by atoms with Crippen LogP contribution in [-0.2, 0) is 10.0 Å². The molecule has 2 aromatic rings. The van der Waals surface area contributed by atoms with Crippen molar-refractivity contribution in [2.24, 2.45) is 0 Å². The zero-order chi connectivity index (χ0) is 18.3. The fraction of sp³-hybridized carbons (Fsp3) is 0.333. The molecule has 0 aliphatic rings. The van der Waals surface area contributed by atoms with Gasteiger partial charge in [-0.2, -0.15) is 0 Å². The average Bonchev–Trinajstić information content (AvgIpc) is 2.57. The SMILES string of the molecule is CN(C)C(CNS(=O)(=O)CCOc1ccc(F)cc1)c1ccccc1. The molecule has 0 aliphatic heterocycles. The number of ether oxygens (including phenoxy) is 1. The van der Waals surface area contributed by atoms with E-state index < -0.39 is 10.0 Å². The van der Waals surface area contributed by atoms with E-state index in [1.165, 1.54) is 24.3 Å². The van der Waals surface area contributed by atoms with E-state index in [2.05, 4.69) is 4.72 Å². The van der Waals surface area contributed by atoms with E-state index in [-0.39, 0.29) is 30.8 Å². The highest BCUT2D eigenvalue weighted by Gasteiger charge is 2.18. The van der Waals surface area contributed by atoms with Crippen LogP contribution in [0, 0.1) is 5.82 Å². The van der Waals surface area contributed by atoms with Crippen molar-refractivity contribution in [3.8, 4) is 5.75 Å². The predicted octanol–water partition coefficient (Wildman–Crippen LogP) is 2.43. The van der Waals surface area contributed by atoms with E-state index >= 15 is 0 Å². The van der Waals surface area contributed by atoms with Gasteiger partial charge in [0.05, 0.1) is 5.75 Å². The number of benzene rings is 2. The van der Waals surface area contributed by atoms with E-state index in [4.69, 9.17) is 4.74 Å². The lowest BCUT2D eigenvalue weighted by atomic mass is 10.1. The number of halogens is 1. The van der Waals surface area contributed by atoms with Crippen LogP contribution in [0.5, 0.6) is 5.75 Å². The van der Waals surface area contributed by atoms with Gasteiger partial charge in [0.25, 0.3) is 0 Å². The van der Waals surface area contributed by atoms with E-state index in [0.717, 1.165) is 5.56 Å². The van der Waals surface area contributed by atoms with Gasteiger partial charge in [-0.05, 0) is 43.9 Å². The molecule has 2 aromatic carbocycles. The molecule has 5 nitrogen and oxygen atoms in total. The molecule has 0 aromatic heterocycles. The summed E-state index contributed by atoms with van der Waals surface area (Å²) in [6.45, 7) is 0.273. The third kappa shape index (κ3) is 6.45. The Morgan fingerprint density at radius 1 is 1.08 bits per heavy atom. The van der Waals surface area contributed by atoms with Crippen LogP contribution in [0.1, 0.15) is 11.6 Å². The highest BCUT2D eigenvalue weighted by molar-refractivity contribution is 7.89. The van der Waals surface area contributed by atoms with E-state index in [9.17, 15) is 12.8 Å². The highest BCUT2D eigenvalue weighted by Crippen LogP contribution is 2.17. The summed E-state index contributed by atoms with van der Waals surface area (Å²) in [5, 5.41) is 0. The maximum absolute atomic E-state index is 12.8. The van der Waals surface area contributed by atoms with Gasteiger partial charge in [0, 0.05) is 12.6 Å². The second-order valence-electron chi connectivity index (χ2n) is 5.86. The zero-order valence-electron chi connectivity index (χ0n) is 14.4. The van der Waals surface area contributed by atoms with Crippen LogP contribution in [-0.4, -0.2) is 46.3 Å². The van der Waals surface area contributed by atoms with Gasteiger partial charge in [-0.25, -0.2) is 17.5 Å². The molecular weight excluding hydrogens is 343 g/mol. The molecule has 25 heavy (non-hydrogen) atoms. The van der Waals surface area contributed by atoms with Gasteiger partial charge in [-0.15, -0.1) is 0 Å². The monoisotopic (exact) mass is 366 g/mol. The molecule has 0 heterocycles. The van der Waals surface area contributed by atoms with Crippen LogP contribution < -0.4 is 9.46 Å². The summed E-state index contributed by atoms with van der Waals surface area (Å²) in [4.78, 5) is 1.97. The van der Waals surface area contributed by atoms with Crippen molar-refractivity contribution in [3.63, 3.8) is 0 Å². The second-order valence-corrected chi connectivity index (χ2v) is 7.79. The van der Waals surface area contributed by atoms with Crippen molar-refractivity contribution < 1.29 is 17.5 Å². The van der Waals surface area contributed by atoms with Crippen LogP contribution in [0.3, 0.4) is 0 Å². The summed E-state index contributed by atoms with van der Waals surface area (Å²) >= 11 is 0. The third-order valence-electron chi connectivity index (χ3n) is 3.74. The highest BCUT2D eigenvalue weighted by atomic mass is 32.2. The fourth-order valence-electron chi connectivity index (χ4n) is 2.35. The molecule has 1 unspecified atom stereocenters. The maximum atomic E-state index is 12.8. The Bertz CT molecular complexity index is 750. The smallest absolute Gasteiger partial charge is 0.215 e. The van der Waals surface area contributed by atoms with Gasteiger partial charge in [-0.1, -0.05) is 30.3 Å². The molecule has 136 valence electrons. The standard InChI is InChI=1S/C18H23FN2O3S/c1-21(2)18(15-6-4-3-5-7-15)14-20-25(22,23)13-12-24-17-10-8-16(19)9-11-17/h3-11,18,20H,12-14H2,1-2H3. The first-order valence-corrected chi connectivity index (χ1v) is 9.60. The normalized spacial score (nSPS) is 13.0. The minimum absolute atomic E-state index is 0.00106. The van der Waals surface area contributed by atoms with Gasteiger partial charge < -0.3 is 9.64 Å². The van der Waals surface area contributed by atoms with Crippen molar-refractivity contribution in [1.29, 1.82) is 0 Å². The average molecular weight is 366 g/mol. The van der Waals surface area contributed by atoms with Gasteiger partial charge in [0.15, 0.2) is 0 Å². The maximum Gasteiger partial charge on any atom is 0.215 e. The van der Waals surface area contributed by atoms with Crippen molar-refractivity contribution >= 4 is 10.0 Å². The van der Waals surface area contributed by atoms with Gasteiger partial charge in [0.1, 0.15) is 18.2 Å². The van der Waals surface area contributed by atoms with Crippen LogP contribution in [0.25, 0.3) is 0 Å². The number of rotatable bonds is 9. The minimum atomic E-state index is -3.47. The summed E-state index contributed by atoms with van der Waals surface area (Å²) in [6.07, 6.45) is 0. The quantitative estimate of drug-likeness (QED) is 0.741. The lowest BCUT2D eigenvalue weighted by Crippen LogP contribution is -2.36. The molecule has 0 radical (unpaired) electrons. The first kappa shape index (κ1) is 19.4. The molecular formula is C18H23FN2O3S. The molecule has 0 fully saturated rings. The number of hydrogen-bond donors (Lipinski definition) is 1. The molecule has 0 saturated heterocycles. The van der Waals surface area contributed by atoms with Crippen LogP contribution >= 0.6 is 0 Å².